The highest BCUT2D eigenvalue weighted by Crippen LogP contribution is 2.11. The minimum Gasteiger partial charge on any atom is -0.392 e. The normalized spacial score (nSPS) is 15.5. The topological polar surface area (TPSA) is 26.0 Å². The van der Waals surface area contributed by atoms with Gasteiger partial charge in [0.05, 0.1) is 5.70 Å². The van der Waals surface area contributed by atoms with Crippen LogP contribution >= 0.6 is 0 Å². The van der Waals surface area contributed by atoms with Crippen LogP contribution in [0.4, 0.5) is 0 Å². The predicted octanol–water partition coefficient (Wildman–Crippen LogP) is 1.74. The van der Waals surface area contributed by atoms with Gasteiger partial charge in [-0.1, -0.05) is 19.6 Å². The summed E-state index contributed by atoms with van der Waals surface area (Å²) in [4.78, 5) is 0. The lowest BCUT2D eigenvalue weighted by atomic mass is 10.0. The van der Waals surface area contributed by atoms with Crippen LogP contribution in [0.3, 0.4) is 0 Å². The molecule has 0 radical (unpaired) electrons. The molecule has 0 atom stereocenters. The van der Waals surface area contributed by atoms with E-state index in [1.54, 1.807) is 0 Å². The Bertz CT molecular complexity index is 256. The Morgan fingerprint density at radius 1 is 1.30 bits per heavy atom. The summed E-state index contributed by atoms with van der Waals surface area (Å²) >= 11 is 0. The zero-order valence-corrected chi connectivity index (χ0v) is 6.31. The summed E-state index contributed by atoms with van der Waals surface area (Å²) in [5.41, 5.74) is 13.1. The van der Waals surface area contributed by atoms with Crippen LogP contribution < -0.4 is 5.73 Å². The van der Waals surface area contributed by atoms with Gasteiger partial charge in [0.25, 0.3) is 0 Å². The van der Waals surface area contributed by atoms with E-state index in [9.17, 15) is 0 Å². The SMILES string of the molecule is CC(C)C1=C=C=C(N)C=C1. The third kappa shape index (κ3) is 1.41. The van der Waals surface area contributed by atoms with Crippen molar-refractivity contribution in [2.75, 3.05) is 0 Å². The fourth-order valence-electron chi connectivity index (χ4n) is 0.744. The number of hydrogen-bond donors (Lipinski definition) is 1. The average Bonchev–Trinajstić information content (AvgIpc) is 1.88. The molecule has 0 saturated carbocycles. The molecule has 0 aromatic rings. The van der Waals surface area contributed by atoms with Gasteiger partial charge >= 0.3 is 0 Å². The van der Waals surface area contributed by atoms with E-state index in [4.69, 9.17) is 5.73 Å². The summed E-state index contributed by atoms with van der Waals surface area (Å²) in [7, 11) is 0. The highest BCUT2D eigenvalue weighted by molar-refractivity contribution is 5.31. The maximum absolute atomic E-state index is 5.44. The molecule has 0 spiro atoms. The van der Waals surface area contributed by atoms with Gasteiger partial charge in [-0.05, 0) is 23.8 Å². The van der Waals surface area contributed by atoms with Crippen molar-refractivity contribution in [3.05, 3.63) is 34.9 Å². The molecule has 52 valence electrons. The summed E-state index contributed by atoms with van der Waals surface area (Å²) in [5, 5.41) is 0. The van der Waals surface area contributed by atoms with Crippen molar-refractivity contribution in [1.82, 2.24) is 0 Å². The molecule has 10 heavy (non-hydrogen) atoms. The molecule has 0 amide bonds. The van der Waals surface area contributed by atoms with E-state index in [1.165, 1.54) is 0 Å². The smallest absolute Gasteiger partial charge is 0.0831 e. The number of nitrogens with two attached hydrogens (primary N) is 1. The van der Waals surface area contributed by atoms with E-state index in [0.29, 0.717) is 11.6 Å². The fraction of sp³-hybridized carbons (Fsp3) is 0.333. The number of rotatable bonds is 1. The maximum atomic E-state index is 5.44. The first-order valence-electron chi connectivity index (χ1n) is 3.39. The van der Waals surface area contributed by atoms with Crippen LogP contribution in [-0.2, 0) is 0 Å². The monoisotopic (exact) mass is 133 g/mol. The van der Waals surface area contributed by atoms with Crippen molar-refractivity contribution >= 4 is 0 Å². The second-order valence-electron chi connectivity index (χ2n) is 2.65. The first-order chi connectivity index (χ1) is 4.70. The van der Waals surface area contributed by atoms with Gasteiger partial charge in [0.1, 0.15) is 0 Å². The second-order valence-corrected chi connectivity index (χ2v) is 2.65. The Labute approximate surface area is 61.2 Å². The third-order valence-electron chi connectivity index (χ3n) is 1.42. The summed E-state index contributed by atoms with van der Waals surface area (Å²) in [6.45, 7) is 4.24. The summed E-state index contributed by atoms with van der Waals surface area (Å²) in [5.74, 6) is 0.511. The van der Waals surface area contributed by atoms with Crippen LogP contribution in [0, 0.1) is 5.92 Å². The number of allylic oxidation sites excluding steroid dienone is 3. The van der Waals surface area contributed by atoms with Crippen molar-refractivity contribution in [2.45, 2.75) is 13.8 Å². The molecule has 0 aromatic carbocycles. The van der Waals surface area contributed by atoms with Gasteiger partial charge in [0.15, 0.2) is 0 Å². The Balaban J connectivity index is 3.03. The molecule has 2 N–H and O–H groups in total. The minimum absolute atomic E-state index is 0.511. The van der Waals surface area contributed by atoms with Crippen LogP contribution in [0.5, 0.6) is 0 Å². The zero-order valence-electron chi connectivity index (χ0n) is 6.31. The summed E-state index contributed by atoms with van der Waals surface area (Å²) in [6.07, 6.45) is 3.84. The molecule has 1 rings (SSSR count). The van der Waals surface area contributed by atoms with Gasteiger partial charge in [-0.2, -0.15) is 0 Å². The molecular formula is C9H11N. The molecule has 0 unspecified atom stereocenters. The molecule has 1 aliphatic carbocycles. The highest BCUT2D eigenvalue weighted by Gasteiger charge is 1.98. The van der Waals surface area contributed by atoms with E-state index >= 15 is 0 Å². The van der Waals surface area contributed by atoms with E-state index in [-0.39, 0.29) is 0 Å². The molecule has 0 saturated heterocycles. The molecule has 1 aliphatic rings. The standard InChI is InChI=1S/C9H11N/c1-7(2)8-3-5-9(10)6-4-8/h3,5,7H,10H2,1-2H3. The Hall–Kier alpha value is -1.16. The first kappa shape index (κ1) is 6.95. The predicted molar refractivity (Wildman–Crippen MR) is 42.2 cm³/mol. The molecule has 0 bridgehead atoms. The van der Waals surface area contributed by atoms with Crippen molar-refractivity contribution in [1.29, 1.82) is 0 Å². The highest BCUT2D eigenvalue weighted by atomic mass is 14.5. The van der Waals surface area contributed by atoms with Gasteiger partial charge in [-0.25, -0.2) is 0 Å². The van der Waals surface area contributed by atoms with Gasteiger partial charge in [0.2, 0.25) is 0 Å². The largest absolute Gasteiger partial charge is 0.392 e. The number of hydrogen-bond acceptors (Lipinski definition) is 1. The molecule has 0 heterocycles. The van der Waals surface area contributed by atoms with Gasteiger partial charge in [-0.3, -0.25) is 0 Å². The van der Waals surface area contributed by atoms with Crippen LogP contribution in [0.15, 0.2) is 34.9 Å². The zero-order chi connectivity index (χ0) is 7.56. The molecule has 0 aliphatic heterocycles. The maximum Gasteiger partial charge on any atom is 0.0831 e. The van der Waals surface area contributed by atoms with Gasteiger partial charge in [-0.15, -0.1) is 0 Å². The van der Waals surface area contributed by atoms with Crippen LogP contribution in [0.2, 0.25) is 0 Å². The molecule has 1 nitrogen and oxygen atoms in total. The van der Waals surface area contributed by atoms with Crippen molar-refractivity contribution in [3.8, 4) is 0 Å². The quantitative estimate of drug-likeness (QED) is 0.542. The fourth-order valence-corrected chi connectivity index (χ4v) is 0.744. The molecular weight excluding hydrogens is 122 g/mol. The Morgan fingerprint density at radius 2 is 2.00 bits per heavy atom. The van der Waals surface area contributed by atoms with Crippen molar-refractivity contribution < 1.29 is 0 Å². The van der Waals surface area contributed by atoms with E-state index in [0.717, 1.165) is 5.57 Å². The van der Waals surface area contributed by atoms with E-state index in [2.05, 4.69) is 25.3 Å². The Kier molecular flexibility index (Phi) is 1.82. The lowest BCUT2D eigenvalue weighted by Gasteiger charge is -2.02. The second kappa shape index (κ2) is 2.62. The summed E-state index contributed by atoms with van der Waals surface area (Å²) < 4.78 is 0. The van der Waals surface area contributed by atoms with Crippen molar-refractivity contribution in [3.63, 3.8) is 0 Å². The van der Waals surface area contributed by atoms with Crippen LogP contribution in [0.1, 0.15) is 13.8 Å². The lowest BCUT2D eigenvalue weighted by Crippen LogP contribution is -1.95. The average molecular weight is 133 g/mol. The van der Waals surface area contributed by atoms with Gasteiger partial charge in [0, 0.05) is 5.57 Å². The first-order valence-corrected chi connectivity index (χ1v) is 3.39. The van der Waals surface area contributed by atoms with Crippen LogP contribution in [-0.4, -0.2) is 0 Å². The third-order valence-corrected chi connectivity index (χ3v) is 1.42. The van der Waals surface area contributed by atoms with Gasteiger partial charge < -0.3 is 5.73 Å². The van der Waals surface area contributed by atoms with E-state index < -0.39 is 0 Å². The van der Waals surface area contributed by atoms with E-state index in [1.807, 2.05) is 12.2 Å². The molecule has 1 heteroatoms. The lowest BCUT2D eigenvalue weighted by molar-refractivity contribution is 0.792. The minimum atomic E-state index is 0.511. The molecule has 0 fully saturated rings. The Morgan fingerprint density at radius 3 is 2.40 bits per heavy atom. The summed E-state index contributed by atoms with van der Waals surface area (Å²) in [6, 6.07) is 0. The van der Waals surface area contributed by atoms with Crippen molar-refractivity contribution in [2.24, 2.45) is 11.7 Å². The van der Waals surface area contributed by atoms with Crippen LogP contribution in [0.25, 0.3) is 0 Å². The molecule has 0 aromatic heterocycles.